The molecule has 0 aromatic rings. The first-order valence-corrected chi connectivity index (χ1v) is 6.48. The van der Waals surface area contributed by atoms with E-state index in [9.17, 15) is 4.21 Å². The summed E-state index contributed by atoms with van der Waals surface area (Å²) in [5, 5.41) is 0. The summed E-state index contributed by atoms with van der Waals surface area (Å²) in [4.78, 5) is 2.25. The summed E-state index contributed by atoms with van der Waals surface area (Å²) in [5.74, 6) is 0.743. The molecular formula is C10H21NO3S. The van der Waals surface area contributed by atoms with Gasteiger partial charge in [0.15, 0.2) is 6.29 Å². The van der Waals surface area contributed by atoms with Crippen molar-refractivity contribution < 1.29 is 13.7 Å². The maximum absolute atomic E-state index is 11.7. The molecule has 5 heteroatoms. The van der Waals surface area contributed by atoms with Crippen LogP contribution in [0, 0.1) is 0 Å². The summed E-state index contributed by atoms with van der Waals surface area (Å²) < 4.78 is 21.9. The van der Waals surface area contributed by atoms with Gasteiger partial charge in [-0.3, -0.25) is 9.11 Å². The van der Waals surface area contributed by atoms with Crippen molar-refractivity contribution in [2.45, 2.75) is 24.9 Å². The van der Waals surface area contributed by atoms with E-state index in [1.165, 1.54) is 0 Å². The number of nitrogens with zero attached hydrogens (tertiary/aromatic N) is 1. The lowest BCUT2D eigenvalue weighted by atomic mass is 10.2. The van der Waals surface area contributed by atoms with Crippen LogP contribution in [0.2, 0.25) is 0 Å². The molecule has 15 heavy (non-hydrogen) atoms. The van der Waals surface area contributed by atoms with Gasteiger partial charge in [-0.25, -0.2) is 0 Å². The summed E-state index contributed by atoms with van der Waals surface area (Å²) in [6.45, 7) is 6.53. The Kier molecular flexibility index (Phi) is 4.70. The molecular weight excluding hydrogens is 214 g/mol. The molecule has 0 aromatic carbocycles. The highest BCUT2D eigenvalue weighted by Crippen LogP contribution is 2.20. The second-order valence-corrected chi connectivity index (χ2v) is 6.65. The first-order chi connectivity index (χ1) is 6.99. The standard InChI is InChI=1S/C10H21NO3S/c1-10(2)8-11(5-6-15(10)12)7-9(13-3)14-4/h9H,5-8H2,1-4H3. The molecule has 0 bridgehead atoms. The third kappa shape index (κ3) is 3.52. The second kappa shape index (κ2) is 5.39. The quantitative estimate of drug-likeness (QED) is 0.663. The van der Waals surface area contributed by atoms with Crippen LogP contribution < -0.4 is 0 Å². The van der Waals surface area contributed by atoms with Gasteiger partial charge in [0.1, 0.15) is 0 Å². The minimum absolute atomic E-state index is 0.121. The third-order valence-corrected chi connectivity index (χ3v) is 4.66. The molecule has 1 atom stereocenters. The van der Waals surface area contributed by atoms with E-state index >= 15 is 0 Å². The highest BCUT2D eigenvalue weighted by Gasteiger charge is 2.33. The summed E-state index contributed by atoms with van der Waals surface area (Å²) in [5.41, 5.74) is 0. The Bertz CT molecular complexity index is 229. The predicted octanol–water partition coefficient (Wildman–Crippen LogP) is 0.448. The molecule has 1 unspecified atom stereocenters. The smallest absolute Gasteiger partial charge is 0.169 e. The fourth-order valence-electron chi connectivity index (χ4n) is 1.79. The summed E-state index contributed by atoms with van der Waals surface area (Å²) >= 11 is 0. The number of rotatable bonds is 4. The minimum atomic E-state index is -0.713. The van der Waals surface area contributed by atoms with Gasteiger partial charge in [0.05, 0.1) is 4.75 Å². The molecule has 1 aliphatic rings. The highest BCUT2D eigenvalue weighted by atomic mass is 32.2. The first kappa shape index (κ1) is 13.1. The number of ether oxygens (including phenoxy) is 2. The molecule has 1 fully saturated rings. The molecule has 90 valence electrons. The van der Waals surface area contributed by atoms with Crippen molar-refractivity contribution in [3.63, 3.8) is 0 Å². The van der Waals surface area contributed by atoms with Crippen LogP contribution in [0.15, 0.2) is 0 Å². The van der Waals surface area contributed by atoms with Crippen molar-refractivity contribution >= 4 is 10.8 Å². The molecule has 4 nitrogen and oxygen atoms in total. The van der Waals surface area contributed by atoms with Crippen molar-refractivity contribution in [2.75, 3.05) is 39.6 Å². The van der Waals surface area contributed by atoms with E-state index in [0.29, 0.717) is 0 Å². The van der Waals surface area contributed by atoms with Crippen LogP contribution >= 0.6 is 0 Å². The summed E-state index contributed by atoms with van der Waals surface area (Å²) in [6.07, 6.45) is -0.188. The van der Waals surface area contributed by atoms with Gasteiger partial charge in [-0.05, 0) is 13.8 Å². The van der Waals surface area contributed by atoms with Crippen molar-refractivity contribution in [1.82, 2.24) is 4.90 Å². The SMILES string of the molecule is COC(CN1CCS(=O)C(C)(C)C1)OC. The monoisotopic (exact) mass is 235 g/mol. The fraction of sp³-hybridized carbons (Fsp3) is 1.00. The van der Waals surface area contributed by atoms with E-state index in [2.05, 4.69) is 4.90 Å². The molecule has 1 rings (SSSR count). The zero-order valence-electron chi connectivity index (χ0n) is 9.99. The molecule has 0 aliphatic carbocycles. The molecule has 0 N–H and O–H groups in total. The Morgan fingerprint density at radius 3 is 2.47 bits per heavy atom. The van der Waals surface area contributed by atoms with Gasteiger partial charge in [-0.1, -0.05) is 0 Å². The Hall–Kier alpha value is 0.0300. The van der Waals surface area contributed by atoms with Gasteiger partial charge in [-0.15, -0.1) is 0 Å². The largest absolute Gasteiger partial charge is 0.355 e. The van der Waals surface area contributed by atoms with E-state index < -0.39 is 10.8 Å². The van der Waals surface area contributed by atoms with Gasteiger partial charge < -0.3 is 9.47 Å². The lowest BCUT2D eigenvalue weighted by molar-refractivity contribution is -0.116. The molecule has 1 heterocycles. The number of hydrogen-bond acceptors (Lipinski definition) is 4. The first-order valence-electron chi connectivity index (χ1n) is 5.16. The fourth-order valence-corrected chi connectivity index (χ4v) is 3.09. The van der Waals surface area contributed by atoms with E-state index in [0.717, 1.165) is 25.4 Å². The molecule has 0 saturated carbocycles. The lowest BCUT2D eigenvalue weighted by Crippen LogP contribution is -2.52. The number of hydrogen-bond donors (Lipinski definition) is 0. The van der Waals surface area contributed by atoms with Crippen LogP contribution in [0.5, 0.6) is 0 Å². The van der Waals surface area contributed by atoms with E-state index in [4.69, 9.17) is 9.47 Å². The van der Waals surface area contributed by atoms with Crippen LogP contribution in [0.25, 0.3) is 0 Å². The Balaban J connectivity index is 2.48. The average molecular weight is 235 g/mol. The van der Waals surface area contributed by atoms with E-state index in [-0.39, 0.29) is 11.0 Å². The lowest BCUT2D eigenvalue weighted by Gasteiger charge is -2.38. The van der Waals surface area contributed by atoms with Crippen LogP contribution in [0.3, 0.4) is 0 Å². The van der Waals surface area contributed by atoms with Crippen molar-refractivity contribution in [3.05, 3.63) is 0 Å². The Labute approximate surface area is 94.4 Å². The molecule has 0 amide bonds. The summed E-state index contributed by atoms with van der Waals surface area (Å²) in [7, 11) is 2.57. The van der Waals surface area contributed by atoms with E-state index in [1.54, 1.807) is 14.2 Å². The van der Waals surface area contributed by atoms with Crippen molar-refractivity contribution in [2.24, 2.45) is 0 Å². The minimum Gasteiger partial charge on any atom is -0.355 e. The summed E-state index contributed by atoms with van der Waals surface area (Å²) in [6, 6.07) is 0. The zero-order chi connectivity index (χ0) is 11.5. The van der Waals surface area contributed by atoms with Crippen LogP contribution in [-0.4, -0.2) is 59.8 Å². The van der Waals surface area contributed by atoms with Gasteiger partial charge >= 0.3 is 0 Å². The predicted molar refractivity (Wildman–Crippen MR) is 61.3 cm³/mol. The van der Waals surface area contributed by atoms with Crippen LogP contribution in [0.1, 0.15) is 13.8 Å². The molecule has 1 aliphatic heterocycles. The molecule has 0 aromatic heterocycles. The van der Waals surface area contributed by atoms with Crippen molar-refractivity contribution in [3.8, 4) is 0 Å². The Morgan fingerprint density at radius 2 is 2.00 bits per heavy atom. The van der Waals surface area contributed by atoms with Gasteiger partial charge in [0.25, 0.3) is 0 Å². The van der Waals surface area contributed by atoms with Crippen molar-refractivity contribution in [1.29, 1.82) is 0 Å². The van der Waals surface area contributed by atoms with Gasteiger partial charge in [-0.2, -0.15) is 0 Å². The normalized spacial score (nSPS) is 27.1. The van der Waals surface area contributed by atoms with Crippen LogP contribution in [-0.2, 0) is 20.3 Å². The topological polar surface area (TPSA) is 38.8 Å². The Morgan fingerprint density at radius 1 is 1.40 bits per heavy atom. The maximum Gasteiger partial charge on any atom is 0.169 e. The highest BCUT2D eigenvalue weighted by molar-refractivity contribution is 7.86. The van der Waals surface area contributed by atoms with Gasteiger partial charge in [0, 0.05) is 50.4 Å². The molecule has 0 radical (unpaired) electrons. The second-order valence-electron chi connectivity index (χ2n) is 4.45. The third-order valence-electron chi connectivity index (χ3n) is 2.75. The number of methoxy groups -OCH3 is 2. The maximum atomic E-state index is 11.7. The van der Waals surface area contributed by atoms with E-state index in [1.807, 2.05) is 13.8 Å². The molecule has 0 spiro atoms. The van der Waals surface area contributed by atoms with Gasteiger partial charge in [0.2, 0.25) is 0 Å². The average Bonchev–Trinajstić information content (AvgIpc) is 2.19. The van der Waals surface area contributed by atoms with Crippen LogP contribution in [0.4, 0.5) is 0 Å². The zero-order valence-corrected chi connectivity index (χ0v) is 10.8. The molecule has 1 saturated heterocycles.